The summed E-state index contributed by atoms with van der Waals surface area (Å²) in [4.78, 5) is 11.2. The number of rotatable bonds is 3. The van der Waals surface area contributed by atoms with Crippen LogP contribution in [0.1, 0.15) is 17.3 Å². The fraction of sp³-hybridized carbons (Fsp3) is 0.300. The fourth-order valence-corrected chi connectivity index (χ4v) is 1.51. The number of ether oxygens (including phenoxy) is 2. The van der Waals surface area contributed by atoms with Gasteiger partial charge in [0.05, 0.1) is 29.3 Å². The van der Waals surface area contributed by atoms with E-state index in [0.717, 1.165) is 0 Å². The molecule has 0 heterocycles. The average molecular weight is 249 g/mol. The Kier molecular flexibility index (Phi) is 4.24. The van der Waals surface area contributed by atoms with Crippen molar-refractivity contribution in [3.8, 4) is 5.75 Å². The third-order valence-corrected chi connectivity index (χ3v) is 2.33. The lowest BCUT2D eigenvalue weighted by Gasteiger charge is -2.08. The van der Waals surface area contributed by atoms with Gasteiger partial charge in [-0.15, -0.1) is 0 Å². The van der Waals surface area contributed by atoms with Gasteiger partial charge in [0.15, 0.2) is 0 Å². The lowest BCUT2D eigenvalue weighted by molar-refractivity contribution is 0.0601. The molecule has 0 aliphatic carbocycles. The number of methoxy groups -OCH3 is 1. The van der Waals surface area contributed by atoms with Crippen molar-refractivity contribution in [1.82, 2.24) is 0 Å². The minimum atomic E-state index is -0.523. The van der Waals surface area contributed by atoms with Crippen LogP contribution < -0.4 is 4.74 Å². The molecule has 0 aliphatic heterocycles. The molecule has 0 fully saturated rings. The Morgan fingerprint density at radius 1 is 1.33 bits per heavy atom. The van der Waals surface area contributed by atoms with Gasteiger partial charge >= 0.3 is 5.97 Å². The summed E-state index contributed by atoms with van der Waals surface area (Å²) in [6.45, 7) is 2.31. The van der Waals surface area contributed by atoms with Crippen LogP contribution in [0.3, 0.4) is 0 Å². The van der Waals surface area contributed by atoms with Gasteiger partial charge in [-0.2, -0.15) is 0 Å². The Bertz CT molecular complexity index is 377. The number of esters is 1. The van der Waals surface area contributed by atoms with E-state index in [4.69, 9.17) is 27.9 Å². The predicted octanol–water partition coefficient (Wildman–Crippen LogP) is 3.18. The van der Waals surface area contributed by atoms with Gasteiger partial charge in [-0.05, 0) is 13.0 Å². The van der Waals surface area contributed by atoms with E-state index in [1.165, 1.54) is 19.2 Å². The van der Waals surface area contributed by atoms with E-state index in [1.807, 2.05) is 6.92 Å². The molecule has 1 aromatic rings. The summed E-state index contributed by atoms with van der Waals surface area (Å²) in [5.41, 5.74) is 0.229. The van der Waals surface area contributed by atoms with Gasteiger partial charge in [-0.1, -0.05) is 23.2 Å². The first-order valence-electron chi connectivity index (χ1n) is 4.30. The van der Waals surface area contributed by atoms with Crippen LogP contribution in [0.2, 0.25) is 10.0 Å². The van der Waals surface area contributed by atoms with Crippen molar-refractivity contribution in [3.63, 3.8) is 0 Å². The minimum absolute atomic E-state index is 0.229. The highest BCUT2D eigenvalue weighted by atomic mass is 35.5. The number of benzene rings is 1. The maximum atomic E-state index is 11.2. The molecule has 0 bridgehead atoms. The maximum Gasteiger partial charge on any atom is 0.339 e. The summed E-state index contributed by atoms with van der Waals surface area (Å²) in [5.74, 6) is -0.0678. The Hall–Kier alpha value is -0.930. The number of hydrogen-bond acceptors (Lipinski definition) is 3. The van der Waals surface area contributed by atoms with Crippen molar-refractivity contribution in [3.05, 3.63) is 27.7 Å². The Morgan fingerprint density at radius 2 is 2.00 bits per heavy atom. The molecule has 1 aromatic carbocycles. The zero-order valence-corrected chi connectivity index (χ0v) is 9.85. The van der Waals surface area contributed by atoms with Crippen LogP contribution >= 0.6 is 23.2 Å². The second-order valence-electron chi connectivity index (χ2n) is 2.69. The van der Waals surface area contributed by atoms with Crippen LogP contribution in [0.15, 0.2) is 12.1 Å². The largest absolute Gasteiger partial charge is 0.492 e. The van der Waals surface area contributed by atoms with Gasteiger partial charge in [-0.25, -0.2) is 4.79 Å². The summed E-state index contributed by atoms with van der Waals surface area (Å²) in [5, 5.41) is 0.594. The summed E-state index contributed by atoms with van der Waals surface area (Å²) >= 11 is 11.8. The Balaban J connectivity index is 3.13. The molecule has 0 aliphatic rings. The topological polar surface area (TPSA) is 35.5 Å². The molecule has 5 heteroatoms. The van der Waals surface area contributed by atoms with Crippen molar-refractivity contribution in [2.45, 2.75) is 6.92 Å². The first-order valence-corrected chi connectivity index (χ1v) is 5.05. The minimum Gasteiger partial charge on any atom is -0.492 e. The molecular formula is C10H10Cl2O3. The van der Waals surface area contributed by atoms with Crippen molar-refractivity contribution < 1.29 is 14.3 Å². The van der Waals surface area contributed by atoms with Crippen molar-refractivity contribution in [1.29, 1.82) is 0 Å². The maximum absolute atomic E-state index is 11.2. The monoisotopic (exact) mass is 248 g/mol. The molecule has 1 rings (SSSR count). The summed E-state index contributed by atoms with van der Waals surface area (Å²) < 4.78 is 9.77. The first kappa shape index (κ1) is 12.1. The third-order valence-electron chi connectivity index (χ3n) is 1.73. The van der Waals surface area contributed by atoms with Crippen LogP contribution in [0.4, 0.5) is 0 Å². The predicted molar refractivity (Wildman–Crippen MR) is 59.0 cm³/mol. The molecule has 0 N–H and O–H groups in total. The normalized spacial score (nSPS) is 9.87. The lowest BCUT2D eigenvalue weighted by atomic mass is 10.2. The van der Waals surface area contributed by atoms with E-state index in [0.29, 0.717) is 17.4 Å². The van der Waals surface area contributed by atoms with Gasteiger partial charge in [0, 0.05) is 6.07 Å². The standard InChI is InChI=1S/C10H10Cl2O3/c1-3-15-9-5-7(11)6(4-8(9)12)10(13)14-2/h4-5H,3H2,1-2H3. The smallest absolute Gasteiger partial charge is 0.339 e. The molecule has 0 spiro atoms. The number of carbonyl (C=O) groups is 1. The molecule has 0 amide bonds. The Morgan fingerprint density at radius 3 is 2.53 bits per heavy atom. The molecule has 15 heavy (non-hydrogen) atoms. The molecule has 82 valence electrons. The molecule has 0 unspecified atom stereocenters. The molecule has 0 saturated heterocycles. The zero-order chi connectivity index (χ0) is 11.4. The van der Waals surface area contributed by atoms with Gasteiger partial charge < -0.3 is 9.47 Å². The van der Waals surface area contributed by atoms with E-state index in [2.05, 4.69) is 4.74 Å². The van der Waals surface area contributed by atoms with E-state index in [9.17, 15) is 4.79 Å². The SMILES string of the molecule is CCOc1cc(Cl)c(C(=O)OC)cc1Cl. The average Bonchev–Trinajstić information content (AvgIpc) is 2.22. The van der Waals surface area contributed by atoms with Crippen molar-refractivity contribution in [2.24, 2.45) is 0 Å². The quantitative estimate of drug-likeness (QED) is 0.771. The van der Waals surface area contributed by atoms with Gasteiger partial charge in [0.25, 0.3) is 0 Å². The zero-order valence-electron chi connectivity index (χ0n) is 8.34. The van der Waals surface area contributed by atoms with E-state index in [1.54, 1.807) is 0 Å². The highest BCUT2D eigenvalue weighted by molar-refractivity contribution is 6.36. The van der Waals surface area contributed by atoms with Crippen LogP contribution in [-0.2, 0) is 4.74 Å². The van der Waals surface area contributed by atoms with Crippen molar-refractivity contribution in [2.75, 3.05) is 13.7 Å². The van der Waals surface area contributed by atoms with Gasteiger partial charge in [-0.3, -0.25) is 0 Å². The summed E-state index contributed by atoms with van der Waals surface area (Å²) in [7, 11) is 1.28. The van der Waals surface area contributed by atoms with E-state index in [-0.39, 0.29) is 10.6 Å². The third kappa shape index (κ3) is 2.76. The van der Waals surface area contributed by atoms with Crippen LogP contribution in [0.25, 0.3) is 0 Å². The summed E-state index contributed by atoms with van der Waals surface area (Å²) in [6.07, 6.45) is 0. The van der Waals surface area contributed by atoms with Gasteiger partial charge in [0.2, 0.25) is 0 Å². The highest BCUT2D eigenvalue weighted by Crippen LogP contribution is 2.31. The van der Waals surface area contributed by atoms with Gasteiger partial charge in [0.1, 0.15) is 5.75 Å². The fourth-order valence-electron chi connectivity index (χ4n) is 1.06. The molecule has 3 nitrogen and oxygen atoms in total. The number of hydrogen-bond donors (Lipinski definition) is 0. The molecule has 0 aromatic heterocycles. The lowest BCUT2D eigenvalue weighted by Crippen LogP contribution is -2.03. The molecule has 0 saturated carbocycles. The number of carbonyl (C=O) groups excluding carboxylic acids is 1. The second kappa shape index (κ2) is 5.24. The molecule has 0 atom stereocenters. The van der Waals surface area contributed by atoms with Crippen LogP contribution in [0, 0.1) is 0 Å². The summed E-state index contributed by atoms with van der Waals surface area (Å²) in [6, 6.07) is 2.93. The second-order valence-corrected chi connectivity index (χ2v) is 3.50. The number of halogens is 2. The molecule has 0 radical (unpaired) electrons. The van der Waals surface area contributed by atoms with E-state index >= 15 is 0 Å². The highest BCUT2D eigenvalue weighted by Gasteiger charge is 2.14. The van der Waals surface area contributed by atoms with Crippen LogP contribution in [-0.4, -0.2) is 19.7 Å². The first-order chi connectivity index (χ1) is 7.10. The Labute approximate surface area is 97.9 Å². The molecular weight excluding hydrogens is 239 g/mol. The van der Waals surface area contributed by atoms with Crippen LogP contribution in [0.5, 0.6) is 5.75 Å². The van der Waals surface area contributed by atoms with Crippen molar-refractivity contribution >= 4 is 29.2 Å². The van der Waals surface area contributed by atoms with E-state index < -0.39 is 5.97 Å².